The Labute approximate surface area is 185 Å². The van der Waals surface area contributed by atoms with Crippen molar-refractivity contribution in [1.82, 2.24) is 0 Å². The third-order valence-electron chi connectivity index (χ3n) is 5.02. The van der Waals surface area contributed by atoms with Crippen molar-refractivity contribution in [3.8, 4) is 5.75 Å². The molecule has 0 radical (unpaired) electrons. The van der Waals surface area contributed by atoms with Gasteiger partial charge >= 0.3 is 0 Å². The van der Waals surface area contributed by atoms with Crippen molar-refractivity contribution in [3.63, 3.8) is 0 Å². The van der Waals surface area contributed by atoms with Crippen LogP contribution in [0.3, 0.4) is 0 Å². The molecule has 0 aliphatic carbocycles. The molecule has 0 aliphatic rings. The van der Waals surface area contributed by atoms with Gasteiger partial charge in [0.25, 0.3) is 0 Å². The highest BCUT2D eigenvalue weighted by Gasteiger charge is 2.31. The Morgan fingerprint density at radius 2 is 1.32 bits per heavy atom. The Bertz CT molecular complexity index is 1120. The average Bonchev–Trinajstić information content (AvgIpc) is 2.85. The number of benzene rings is 4. The van der Waals surface area contributed by atoms with Crippen LogP contribution in [0.15, 0.2) is 118 Å². The second-order valence-electron chi connectivity index (χ2n) is 6.97. The molecule has 0 amide bonds. The van der Waals surface area contributed by atoms with Crippen molar-refractivity contribution in [2.75, 3.05) is 7.11 Å². The van der Waals surface area contributed by atoms with Gasteiger partial charge < -0.3 is 9.84 Å². The summed E-state index contributed by atoms with van der Waals surface area (Å²) in [6.45, 7) is -0.137. The number of hydrogen-bond donors (Lipinski definition) is 1. The monoisotopic (exact) mass is 427 g/mol. The number of hydrogen-bond acceptors (Lipinski definition) is 3. The molecule has 0 atom stereocenters. The van der Waals surface area contributed by atoms with Gasteiger partial charge in [-0.2, -0.15) is 0 Å². The number of ether oxygens (including phenoxy) is 1. The van der Waals surface area contributed by atoms with Crippen LogP contribution in [-0.2, 0) is 17.5 Å². The minimum Gasteiger partial charge on any atom is -0.497 e. The predicted molar refractivity (Wildman–Crippen MR) is 124 cm³/mol. The first kappa shape index (κ1) is 20.9. The molecule has 154 valence electrons. The third-order valence-corrected chi connectivity index (χ3v) is 7.35. The Hall–Kier alpha value is -3.34. The minimum atomic E-state index is -0.384. The molecule has 0 saturated carbocycles. The largest absolute Gasteiger partial charge is 0.497 e. The number of methoxy groups -OCH3 is 1. The zero-order valence-corrected chi connectivity index (χ0v) is 18.0. The van der Waals surface area contributed by atoms with Crippen LogP contribution in [0.2, 0.25) is 0 Å². The quantitative estimate of drug-likeness (QED) is 0.312. The van der Waals surface area contributed by atoms with Gasteiger partial charge in [-0.1, -0.05) is 36.4 Å². The zero-order chi connectivity index (χ0) is 21.6. The minimum absolute atomic E-state index is 0.0804. The highest BCUT2D eigenvalue weighted by Crippen LogP contribution is 2.34. The van der Waals surface area contributed by atoms with Gasteiger partial charge in [0, 0.05) is 16.7 Å². The van der Waals surface area contributed by atoms with E-state index in [1.54, 1.807) is 31.4 Å². The van der Waals surface area contributed by atoms with E-state index in [4.69, 9.17) is 4.74 Å². The Balaban J connectivity index is 1.76. The van der Waals surface area contributed by atoms with Crippen LogP contribution in [0.4, 0.5) is 0 Å². The lowest BCUT2D eigenvalue weighted by Gasteiger charge is -2.12. The van der Waals surface area contributed by atoms with E-state index in [0.717, 1.165) is 20.2 Å². The van der Waals surface area contributed by atoms with Crippen molar-refractivity contribution in [1.29, 1.82) is 0 Å². The van der Waals surface area contributed by atoms with Gasteiger partial charge in [0.2, 0.25) is 0 Å². The lowest BCUT2D eigenvalue weighted by Crippen LogP contribution is -2.10. The van der Waals surface area contributed by atoms with Gasteiger partial charge in [-0.25, -0.2) is 0 Å². The summed E-state index contributed by atoms with van der Waals surface area (Å²) in [5.41, 5.74) is 1.90. The van der Waals surface area contributed by atoms with Crippen LogP contribution in [0.5, 0.6) is 5.75 Å². The van der Waals surface area contributed by atoms with Crippen molar-refractivity contribution >= 4 is 16.7 Å². The Morgan fingerprint density at radius 3 is 1.84 bits per heavy atom. The summed E-state index contributed by atoms with van der Waals surface area (Å²) >= 11 is 0. The van der Waals surface area contributed by atoms with E-state index in [1.807, 2.05) is 54.6 Å². The van der Waals surface area contributed by atoms with Gasteiger partial charge in [0.05, 0.1) is 24.6 Å². The second kappa shape index (κ2) is 9.65. The predicted octanol–water partition coefficient (Wildman–Crippen LogP) is 5.51. The highest BCUT2D eigenvalue weighted by atomic mass is 32.2. The van der Waals surface area contributed by atoms with E-state index in [-0.39, 0.29) is 23.3 Å². The van der Waals surface area contributed by atoms with E-state index < -0.39 is 0 Å². The van der Waals surface area contributed by atoms with Crippen LogP contribution in [-0.4, -0.2) is 18.0 Å². The summed E-state index contributed by atoms with van der Waals surface area (Å²) in [6.07, 6.45) is 0. The SMILES string of the molecule is COc1ccc(C(=O)c2ccc([S+](c3ccccc3)c3ccccc3)c(CO)c2)cc1. The molecule has 0 heterocycles. The number of carbonyl (C=O) groups is 1. The molecule has 4 aromatic rings. The van der Waals surface area contributed by atoms with E-state index in [9.17, 15) is 9.90 Å². The number of rotatable bonds is 7. The molecular formula is C27H23O3S+. The second-order valence-corrected chi connectivity index (χ2v) is 8.97. The van der Waals surface area contributed by atoms with Gasteiger partial charge in [0.15, 0.2) is 20.5 Å². The summed E-state index contributed by atoms with van der Waals surface area (Å²) in [5.74, 6) is 0.626. The fraction of sp³-hybridized carbons (Fsp3) is 0.0741. The Kier molecular flexibility index (Phi) is 6.51. The molecule has 0 spiro atoms. The molecule has 3 nitrogen and oxygen atoms in total. The van der Waals surface area contributed by atoms with Crippen LogP contribution in [0, 0.1) is 0 Å². The maximum Gasteiger partial charge on any atom is 0.193 e. The van der Waals surface area contributed by atoms with Crippen LogP contribution in [0.1, 0.15) is 21.5 Å². The summed E-state index contributed by atoms with van der Waals surface area (Å²) in [5, 5.41) is 10.2. The first-order chi connectivity index (χ1) is 15.2. The fourth-order valence-corrected chi connectivity index (χ4v) is 5.68. The average molecular weight is 428 g/mol. The van der Waals surface area contributed by atoms with Gasteiger partial charge in [-0.05, 0) is 66.7 Å². The lowest BCUT2D eigenvalue weighted by atomic mass is 10.0. The number of aliphatic hydroxyl groups is 1. The molecule has 0 aromatic heterocycles. The fourth-order valence-electron chi connectivity index (χ4n) is 3.46. The smallest absolute Gasteiger partial charge is 0.193 e. The third kappa shape index (κ3) is 4.55. The molecule has 1 N–H and O–H groups in total. The first-order valence-electron chi connectivity index (χ1n) is 9.98. The molecule has 0 unspecified atom stereocenters. The maximum atomic E-state index is 13.0. The molecule has 31 heavy (non-hydrogen) atoms. The van der Waals surface area contributed by atoms with Crippen molar-refractivity contribution in [2.24, 2.45) is 0 Å². The summed E-state index contributed by atoms with van der Waals surface area (Å²) in [6, 6.07) is 33.2. The molecule has 4 aromatic carbocycles. The van der Waals surface area contributed by atoms with Gasteiger partial charge in [0.1, 0.15) is 5.75 Å². The van der Waals surface area contributed by atoms with Gasteiger partial charge in [-0.3, -0.25) is 4.79 Å². The van der Waals surface area contributed by atoms with Crippen molar-refractivity contribution in [3.05, 3.63) is 120 Å². The molecule has 4 heteroatoms. The Morgan fingerprint density at radius 1 is 0.774 bits per heavy atom. The first-order valence-corrected chi connectivity index (χ1v) is 11.2. The van der Waals surface area contributed by atoms with Crippen LogP contribution >= 0.6 is 0 Å². The van der Waals surface area contributed by atoms with Crippen molar-refractivity contribution in [2.45, 2.75) is 21.3 Å². The number of carbonyl (C=O) groups excluding carboxylic acids is 1. The normalized spacial score (nSPS) is 10.8. The standard InChI is InChI=1S/C27H23O3S/c1-30-23-15-12-20(13-16-23)27(29)21-14-17-26(22(18-21)19-28)31(24-8-4-2-5-9-24)25-10-6-3-7-11-25/h2-18,28H,19H2,1H3/q+1. The van der Waals surface area contributed by atoms with Crippen molar-refractivity contribution < 1.29 is 14.6 Å². The number of aliphatic hydroxyl groups excluding tert-OH is 1. The number of ketones is 1. The lowest BCUT2D eigenvalue weighted by molar-refractivity contribution is 0.103. The highest BCUT2D eigenvalue weighted by molar-refractivity contribution is 7.97. The molecule has 0 aliphatic heterocycles. The van der Waals surface area contributed by atoms with Crippen LogP contribution < -0.4 is 4.74 Å². The summed E-state index contributed by atoms with van der Waals surface area (Å²) in [7, 11) is 1.21. The van der Waals surface area contributed by atoms with E-state index in [2.05, 4.69) is 24.3 Å². The molecule has 4 rings (SSSR count). The molecule has 0 fully saturated rings. The zero-order valence-electron chi connectivity index (χ0n) is 17.2. The topological polar surface area (TPSA) is 46.5 Å². The van der Waals surface area contributed by atoms with E-state index in [0.29, 0.717) is 16.9 Å². The van der Waals surface area contributed by atoms with Crippen LogP contribution in [0.25, 0.3) is 0 Å². The van der Waals surface area contributed by atoms with Gasteiger partial charge in [-0.15, -0.1) is 0 Å². The molecule has 0 bridgehead atoms. The molecule has 0 saturated heterocycles. The summed E-state index contributed by atoms with van der Waals surface area (Å²) in [4.78, 5) is 16.4. The molecular weight excluding hydrogens is 404 g/mol. The summed E-state index contributed by atoms with van der Waals surface area (Å²) < 4.78 is 5.17. The maximum absolute atomic E-state index is 13.0. The van der Waals surface area contributed by atoms with E-state index in [1.165, 1.54) is 0 Å². The van der Waals surface area contributed by atoms with E-state index >= 15 is 0 Å².